The Morgan fingerprint density at radius 3 is 2.38 bits per heavy atom. The maximum atomic E-state index is 14.6. The van der Waals surface area contributed by atoms with Crippen molar-refractivity contribution in [3.8, 4) is 11.5 Å². The monoisotopic (exact) mass is 680 g/mol. The molecule has 10 heteroatoms. The molecule has 0 unspecified atom stereocenters. The molecular weight excluding hydrogens is 636 g/mol. The summed E-state index contributed by atoms with van der Waals surface area (Å²) in [7, 11) is 1.35. The van der Waals surface area contributed by atoms with E-state index in [4.69, 9.17) is 23.7 Å². The Hall–Kier alpha value is -4.67. The molecule has 2 amide bonds. The van der Waals surface area contributed by atoms with Crippen molar-refractivity contribution in [3.63, 3.8) is 0 Å². The largest absolute Gasteiger partial charge is 0.468 e. The number of carbonyl (C=O) groups excluding carboxylic acids is 3. The number of nitrogens with zero attached hydrogens (tertiary/aromatic N) is 2. The minimum Gasteiger partial charge on any atom is -0.468 e. The van der Waals surface area contributed by atoms with Gasteiger partial charge in [0.25, 0.3) is 0 Å². The highest BCUT2D eigenvalue weighted by atomic mass is 16.7. The molecule has 0 radical (unpaired) electrons. The zero-order valence-corrected chi connectivity index (χ0v) is 28.6. The zero-order chi connectivity index (χ0) is 34.7. The third-order valence-corrected chi connectivity index (χ3v) is 10.6. The van der Waals surface area contributed by atoms with Crippen LogP contribution in [-0.2, 0) is 41.7 Å². The van der Waals surface area contributed by atoms with Crippen molar-refractivity contribution < 1.29 is 38.1 Å². The van der Waals surface area contributed by atoms with Crippen LogP contribution in [-0.4, -0.2) is 73.4 Å². The van der Waals surface area contributed by atoms with E-state index in [9.17, 15) is 14.4 Å². The molecule has 4 heterocycles. The number of hydrogen-bond donors (Lipinski definition) is 0. The van der Waals surface area contributed by atoms with Crippen LogP contribution in [0.15, 0.2) is 90.6 Å². The molecule has 0 aliphatic carbocycles. The Morgan fingerprint density at radius 2 is 1.64 bits per heavy atom. The summed E-state index contributed by atoms with van der Waals surface area (Å²) >= 11 is 0. The lowest BCUT2D eigenvalue weighted by Gasteiger charge is -2.51. The number of methoxy groups -OCH3 is 1. The van der Waals surface area contributed by atoms with E-state index >= 15 is 0 Å². The van der Waals surface area contributed by atoms with Gasteiger partial charge in [-0.05, 0) is 67.0 Å². The van der Waals surface area contributed by atoms with E-state index in [1.165, 1.54) is 12.7 Å². The van der Waals surface area contributed by atoms with Crippen LogP contribution in [0.1, 0.15) is 55.2 Å². The summed E-state index contributed by atoms with van der Waals surface area (Å²) in [5.74, 6) is 0.0885. The van der Waals surface area contributed by atoms with Gasteiger partial charge in [-0.1, -0.05) is 66.7 Å². The summed E-state index contributed by atoms with van der Waals surface area (Å²) in [6.45, 7) is 4.01. The molecule has 2 fully saturated rings. The molecule has 0 N–H and O–H groups in total. The number of benzene rings is 3. The van der Waals surface area contributed by atoms with Gasteiger partial charge in [0, 0.05) is 31.1 Å². The number of amides is 2. The fourth-order valence-corrected chi connectivity index (χ4v) is 7.93. The second-order valence-corrected chi connectivity index (χ2v) is 13.6. The van der Waals surface area contributed by atoms with Gasteiger partial charge in [0.05, 0.1) is 33.0 Å². The number of esters is 1. The van der Waals surface area contributed by atoms with E-state index in [0.29, 0.717) is 42.8 Å². The molecule has 0 spiro atoms. The fourth-order valence-electron chi connectivity index (χ4n) is 7.93. The Morgan fingerprint density at radius 1 is 0.920 bits per heavy atom. The van der Waals surface area contributed by atoms with Crippen molar-refractivity contribution in [2.45, 2.75) is 63.9 Å². The molecule has 2 saturated heterocycles. The van der Waals surface area contributed by atoms with Crippen molar-refractivity contribution in [1.82, 2.24) is 9.80 Å². The molecule has 0 aromatic heterocycles. The number of hydrogen-bond acceptors (Lipinski definition) is 8. The van der Waals surface area contributed by atoms with Gasteiger partial charge >= 0.3 is 5.97 Å². The molecule has 4 aliphatic rings. The van der Waals surface area contributed by atoms with Gasteiger partial charge in [0.1, 0.15) is 11.5 Å². The Bertz CT molecular complexity index is 1720. The smallest absolute Gasteiger partial charge is 0.320 e. The maximum absolute atomic E-state index is 14.6. The number of ether oxygens (including phenoxy) is 5. The quantitative estimate of drug-likeness (QED) is 0.255. The van der Waals surface area contributed by atoms with Gasteiger partial charge in [-0.15, -0.1) is 0 Å². The lowest BCUT2D eigenvalue weighted by molar-refractivity contribution is -0.178. The van der Waals surface area contributed by atoms with E-state index in [-0.39, 0.29) is 44.6 Å². The van der Waals surface area contributed by atoms with Gasteiger partial charge in [-0.2, -0.15) is 0 Å². The molecule has 0 saturated carbocycles. The number of fused-ring (bicyclic) bond motifs is 2. The molecule has 4 atom stereocenters. The van der Waals surface area contributed by atoms with Gasteiger partial charge < -0.3 is 33.5 Å². The molecule has 3 aromatic carbocycles. The normalized spacial score (nSPS) is 24.8. The van der Waals surface area contributed by atoms with Gasteiger partial charge in [-0.25, -0.2) is 0 Å². The predicted molar refractivity (Wildman–Crippen MR) is 184 cm³/mol. The SMILES string of the molecule is COC(=O)[C@]12C[C@H](CC(=O)N3CCC(c4ccccc4)CC3)C(=O)N(Cc3ccc4c(c3)OCO4)C1=C[C@H](COCc1ccccc1)O[C@@H]2C. The fraction of sp³-hybridized carbons (Fsp3) is 0.425. The first kappa shape index (κ1) is 33.8. The van der Waals surface area contributed by atoms with Crippen LogP contribution in [0, 0.1) is 11.3 Å². The first-order valence-corrected chi connectivity index (χ1v) is 17.5. The van der Waals surface area contributed by atoms with E-state index in [2.05, 4.69) is 12.1 Å². The van der Waals surface area contributed by atoms with Crippen molar-refractivity contribution in [3.05, 3.63) is 107 Å². The van der Waals surface area contributed by atoms with E-state index in [1.807, 2.05) is 84.6 Å². The maximum Gasteiger partial charge on any atom is 0.320 e. The summed E-state index contributed by atoms with van der Waals surface area (Å²) in [6.07, 6.45) is 2.48. The van der Waals surface area contributed by atoms with Crippen LogP contribution in [0.25, 0.3) is 0 Å². The van der Waals surface area contributed by atoms with Crippen LogP contribution >= 0.6 is 0 Å². The highest BCUT2D eigenvalue weighted by molar-refractivity contribution is 5.92. The zero-order valence-electron chi connectivity index (χ0n) is 28.6. The number of rotatable bonds is 10. The summed E-state index contributed by atoms with van der Waals surface area (Å²) < 4.78 is 29.1. The summed E-state index contributed by atoms with van der Waals surface area (Å²) in [5.41, 5.74) is 2.33. The van der Waals surface area contributed by atoms with Crippen LogP contribution in [0.2, 0.25) is 0 Å². The lowest BCUT2D eigenvalue weighted by atomic mass is 9.66. The van der Waals surface area contributed by atoms with Crippen LogP contribution in [0.5, 0.6) is 11.5 Å². The Labute approximate surface area is 292 Å². The standard InChI is InChI=1S/C40H44N2O8/c1-27-40(39(45)46-2)22-32(20-37(43)41-17-15-31(16-18-41)30-11-7-4-8-12-30)38(44)42(23-29-13-14-34-35(19-29)49-26-48-34)36(40)21-33(50-27)25-47-24-28-9-5-3-6-10-28/h3-14,19,21,27,31-33H,15-18,20,22-26H2,1-2H3/t27-,32+,33-,40+/m1/s1. The summed E-state index contributed by atoms with van der Waals surface area (Å²) in [6, 6.07) is 25.8. The number of likely N-dealkylation sites (tertiary alicyclic amines) is 2. The van der Waals surface area contributed by atoms with Crippen LogP contribution in [0.4, 0.5) is 0 Å². The third-order valence-electron chi connectivity index (χ3n) is 10.6. The van der Waals surface area contributed by atoms with Crippen molar-refractivity contribution >= 4 is 17.8 Å². The predicted octanol–water partition coefficient (Wildman–Crippen LogP) is 5.61. The van der Waals surface area contributed by atoms with Crippen LogP contribution < -0.4 is 9.47 Å². The molecule has 262 valence electrons. The summed E-state index contributed by atoms with van der Waals surface area (Å²) in [4.78, 5) is 45.9. The number of piperidine rings is 2. The second-order valence-electron chi connectivity index (χ2n) is 13.6. The second kappa shape index (κ2) is 14.7. The van der Waals surface area contributed by atoms with Crippen molar-refractivity contribution in [1.29, 1.82) is 0 Å². The molecule has 10 nitrogen and oxygen atoms in total. The van der Waals surface area contributed by atoms with Gasteiger partial charge in [0.15, 0.2) is 11.5 Å². The van der Waals surface area contributed by atoms with Gasteiger partial charge in [-0.3, -0.25) is 14.4 Å². The van der Waals surface area contributed by atoms with E-state index < -0.39 is 29.5 Å². The molecular formula is C40H44N2O8. The minimum absolute atomic E-state index is 0.00512. The molecule has 0 bridgehead atoms. The molecule has 7 rings (SSSR count). The highest BCUT2D eigenvalue weighted by Crippen LogP contribution is 2.51. The van der Waals surface area contributed by atoms with Crippen molar-refractivity contribution in [2.24, 2.45) is 11.3 Å². The van der Waals surface area contributed by atoms with Crippen molar-refractivity contribution in [2.75, 3.05) is 33.6 Å². The first-order chi connectivity index (χ1) is 24.4. The van der Waals surface area contributed by atoms with E-state index in [1.54, 1.807) is 4.90 Å². The highest BCUT2D eigenvalue weighted by Gasteiger charge is 2.59. The minimum atomic E-state index is -1.31. The first-order valence-electron chi connectivity index (χ1n) is 17.5. The average molecular weight is 681 g/mol. The average Bonchev–Trinajstić information content (AvgIpc) is 3.62. The van der Waals surface area contributed by atoms with Crippen LogP contribution in [0.3, 0.4) is 0 Å². The third kappa shape index (κ3) is 6.74. The van der Waals surface area contributed by atoms with Gasteiger partial charge in [0.2, 0.25) is 18.6 Å². The lowest BCUT2D eigenvalue weighted by Crippen LogP contribution is -2.60. The van der Waals surface area contributed by atoms with E-state index in [0.717, 1.165) is 24.0 Å². The molecule has 50 heavy (non-hydrogen) atoms. The Kier molecular flexibility index (Phi) is 9.92. The summed E-state index contributed by atoms with van der Waals surface area (Å²) in [5, 5.41) is 0. The molecule has 3 aromatic rings. The Balaban J connectivity index is 1.15. The molecule has 4 aliphatic heterocycles. The number of carbonyl (C=O) groups is 3. The topological polar surface area (TPSA) is 104 Å².